The summed E-state index contributed by atoms with van der Waals surface area (Å²) in [4.78, 5) is 0. The van der Waals surface area contributed by atoms with Crippen LogP contribution in [0.4, 0.5) is 0 Å². The maximum Gasteiger partial charge on any atom is 0.133 e. The van der Waals surface area contributed by atoms with Crippen molar-refractivity contribution < 1.29 is 4.74 Å². The van der Waals surface area contributed by atoms with Crippen LogP contribution in [0.2, 0.25) is 0 Å². The molecule has 0 saturated carbocycles. The van der Waals surface area contributed by atoms with Crippen LogP contribution >= 0.6 is 15.9 Å². The molecule has 21 heavy (non-hydrogen) atoms. The van der Waals surface area contributed by atoms with E-state index in [1.54, 1.807) is 7.11 Å². The molecule has 0 aliphatic carbocycles. The summed E-state index contributed by atoms with van der Waals surface area (Å²) in [5.41, 5.74) is 5.21. The molecule has 4 heteroatoms. The van der Waals surface area contributed by atoms with Crippen molar-refractivity contribution >= 4 is 27.4 Å². The molecule has 0 N–H and O–H groups in total. The van der Waals surface area contributed by atoms with Crippen molar-refractivity contribution in [3.8, 4) is 5.75 Å². The second-order valence-corrected chi connectivity index (χ2v) is 5.82. The lowest BCUT2D eigenvalue weighted by Crippen LogP contribution is -2.07. The van der Waals surface area contributed by atoms with Gasteiger partial charge in [0, 0.05) is 23.3 Å². The summed E-state index contributed by atoms with van der Waals surface area (Å²) in [6, 6.07) is 14.2. The summed E-state index contributed by atoms with van der Waals surface area (Å²) in [6.45, 7) is 2.00. The minimum absolute atomic E-state index is 0.789. The Balaban J connectivity index is 2.22. The molecule has 2 aromatic carbocycles. The molecule has 1 heterocycles. The molecule has 106 valence electrons. The van der Waals surface area contributed by atoms with E-state index in [0.717, 1.165) is 39.2 Å². The Labute approximate surface area is 132 Å². The standard InChI is InChI=1S/C17H15BrN2O/c1-11-8-13-9-15(18)16(21-2)10-14(13)17(20-19-11)12-6-4-3-5-7-12/h3-7,9-10H,8H2,1-2H3. The van der Waals surface area contributed by atoms with E-state index in [0.29, 0.717) is 0 Å². The van der Waals surface area contributed by atoms with Crippen LogP contribution in [0.1, 0.15) is 23.6 Å². The highest BCUT2D eigenvalue weighted by Crippen LogP contribution is 2.31. The smallest absolute Gasteiger partial charge is 0.133 e. The van der Waals surface area contributed by atoms with Crippen LogP contribution in [0.25, 0.3) is 0 Å². The van der Waals surface area contributed by atoms with Gasteiger partial charge in [0.15, 0.2) is 0 Å². The van der Waals surface area contributed by atoms with Crippen molar-refractivity contribution in [2.24, 2.45) is 10.2 Å². The zero-order valence-corrected chi connectivity index (χ0v) is 13.5. The summed E-state index contributed by atoms with van der Waals surface area (Å²) in [6.07, 6.45) is 0.789. The van der Waals surface area contributed by atoms with Crippen molar-refractivity contribution in [2.45, 2.75) is 13.3 Å². The van der Waals surface area contributed by atoms with Crippen molar-refractivity contribution in [2.75, 3.05) is 7.11 Å². The number of benzene rings is 2. The number of hydrogen-bond acceptors (Lipinski definition) is 3. The summed E-state index contributed by atoms with van der Waals surface area (Å²) >= 11 is 3.55. The molecule has 1 aliphatic heterocycles. The van der Waals surface area contributed by atoms with Crippen LogP contribution in [0, 0.1) is 0 Å². The van der Waals surface area contributed by atoms with Crippen LogP contribution in [0.3, 0.4) is 0 Å². The maximum atomic E-state index is 5.42. The number of ether oxygens (including phenoxy) is 1. The third-order valence-corrected chi connectivity index (χ3v) is 4.07. The second-order valence-electron chi connectivity index (χ2n) is 4.97. The summed E-state index contributed by atoms with van der Waals surface area (Å²) < 4.78 is 6.37. The van der Waals surface area contributed by atoms with E-state index in [4.69, 9.17) is 4.74 Å². The average Bonchev–Trinajstić information content (AvgIpc) is 2.65. The van der Waals surface area contributed by atoms with Crippen LogP contribution in [0.15, 0.2) is 57.1 Å². The van der Waals surface area contributed by atoms with Gasteiger partial charge in [-0.15, -0.1) is 5.10 Å². The fourth-order valence-corrected chi connectivity index (χ4v) is 2.98. The fourth-order valence-electron chi connectivity index (χ4n) is 2.43. The van der Waals surface area contributed by atoms with Crippen LogP contribution in [-0.4, -0.2) is 18.5 Å². The first kappa shape index (κ1) is 14.0. The van der Waals surface area contributed by atoms with Gasteiger partial charge in [0.05, 0.1) is 11.6 Å². The molecular weight excluding hydrogens is 328 g/mol. The third kappa shape index (κ3) is 2.76. The zero-order chi connectivity index (χ0) is 14.8. The lowest BCUT2D eigenvalue weighted by molar-refractivity contribution is 0.412. The minimum atomic E-state index is 0.789. The van der Waals surface area contributed by atoms with Gasteiger partial charge < -0.3 is 4.74 Å². The molecule has 0 radical (unpaired) electrons. The highest BCUT2D eigenvalue weighted by atomic mass is 79.9. The number of halogens is 1. The topological polar surface area (TPSA) is 34.0 Å². The molecule has 0 spiro atoms. The summed E-state index contributed by atoms with van der Waals surface area (Å²) in [5.74, 6) is 0.803. The second kappa shape index (κ2) is 5.82. The van der Waals surface area contributed by atoms with Crippen molar-refractivity contribution in [3.63, 3.8) is 0 Å². The van der Waals surface area contributed by atoms with E-state index in [2.05, 4.69) is 32.2 Å². The molecule has 3 rings (SSSR count). The average molecular weight is 343 g/mol. The van der Waals surface area contributed by atoms with Crippen molar-refractivity contribution in [1.82, 2.24) is 0 Å². The van der Waals surface area contributed by atoms with Crippen molar-refractivity contribution in [3.05, 3.63) is 63.6 Å². The number of nitrogens with zero attached hydrogens (tertiary/aromatic N) is 2. The van der Waals surface area contributed by atoms with Crippen molar-refractivity contribution in [1.29, 1.82) is 0 Å². The first-order chi connectivity index (χ1) is 10.2. The molecule has 0 fully saturated rings. The quantitative estimate of drug-likeness (QED) is 0.804. The Morgan fingerprint density at radius 2 is 1.86 bits per heavy atom. The van der Waals surface area contributed by atoms with Gasteiger partial charge >= 0.3 is 0 Å². The van der Waals surface area contributed by atoms with Gasteiger partial charge in [-0.05, 0) is 40.5 Å². The Hall–Kier alpha value is -1.94. The van der Waals surface area contributed by atoms with Gasteiger partial charge in [-0.3, -0.25) is 0 Å². The highest BCUT2D eigenvalue weighted by molar-refractivity contribution is 9.10. The molecule has 0 atom stereocenters. The SMILES string of the molecule is COc1cc2c(cc1Br)CC(C)=NN=C2c1ccccc1. The van der Waals surface area contributed by atoms with Crippen LogP contribution in [0.5, 0.6) is 5.75 Å². The number of fused-ring (bicyclic) bond motifs is 1. The first-order valence-electron chi connectivity index (χ1n) is 6.72. The molecule has 0 aromatic heterocycles. The van der Waals surface area contributed by atoms with Crippen LogP contribution in [-0.2, 0) is 6.42 Å². The predicted octanol–water partition coefficient (Wildman–Crippen LogP) is 4.23. The molecular formula is C17H15BrN2O. The molecule has 2 aromatic rings. The van der Waals surface area contributed by atoms with Gasteiger partial charge in [0.1, 0.15) is 11.5 Å². The van der Waals surface area contributed by atoms with Crippen LogP contribution < -0.4 is 4.74 Å². The molecule has 0 amide bonds. The Morgan fingerprint density at radius 1 is 1.10 bits per heavy atom. The first-order valence-corrected chi connectivity index (χ1v) is 7.51. The monoisotopic (exact) mass is 342 g/mol. The third-order valence-electron chi connectivity index (χ3n) is 3.45. The maximum absolute atomic E-state index is 5.42. The number of rotatable bonds is 2. The van der Waals surface area contributed by atoms with E-state index < -0.39 is 0 Å². The molecule has 0 bridgehead atoms. The van der Waals surface area contributed by atoms with E-state index >= 15 is 0 Å². The molecule has 1 aliphatic rings. The lowest BCUT2D eigenvalue weighted by atomic mass is 9.95. The van der Waals surface area contributed by atoms with Gasteiger partial charge in [-0.2, -0.15) is 5.10 Å². The number of methoxy groups -OCH3 is 1. The number of hydrogen-bond donors (Lipinski definition) is 0. The van der Waals surface area contributed by atoms with Gasteiger partial charge in [-0.1, -0.05) is 30.3 Å². The van der Waals surface area contributed by atoms with E-state index in [9.17, 15) is 0 Å². The Kier molecular flexibility index (Phi) is 3.88. The fraction of sp³-hybridized carbons (Fsp3) is 0.176. The molecule has 0 saturated heterocycles. The largest absolute Gasteiger partial charge is 0.496 e. The zero-order valence-electron chi connectivity index (χ0n) is 11.9. The highest BCUT2D eigenvalue weighted by Gasteiger charge is 2.18. The van der Waals surface area contributed by atoms with Gasteiger partial charge in [0.2, 0.25) is 0 Å². The predicted molar refractivity (Wildman–Crippen MR) is 89.6 cm³/mol. The normalized spacial score (nSPS) is 13.9. The van der Waals surface area contributed by atoms with Gasteiger partial charge in [0.25, 0.3) is 0 Å². The van der Waals surface area contributed by atoms with Gasteiger partial charge in [-0.25, -0.2) is 0 Å². The van der Waals surface area contributed by atoms with E-state index in [1.807, 2.05) is 43.3 Å². The van der Waals surface area contributed by atoms with E-state index in [-0.39, 0.29) is 0 Å². The molecule has 3 nitrogen and oxygen atoms in total. The van der Waals surface area contributed by atoms with E-state index in [1.165, 1.54) is 5.56 Å². The lowest BCUT2D eigenvalue weighted by Gasteiger charge is -2.13. The minimum Gasteiger partial charge on any atom is -0.496 e. The Bertz CT molecular complexity index is 736. The summed E-state index contributed by atoms with van der Waals surface area (Å²) in [5, 5.41) is 8.78. The summed E-state index contributed by atoms with van der Waals surface area (Å²) in [7, 11) is 1.67. The Morgan fingerprint density at radius 3 is 2.57 bits per heavy atom. The molecule has 0 unspecified atom stereocenters.